The molecule has 8 heteroatoms. The fraction of sp³-hybridized carbons (Fsp3) is 0.333. The molecular formula is C12H15N3O5. The Labute approximate surface area is 115 Å². The SMILES string of the molecule is COc1cc(C/C=N/NC(N)=O)c(OC)c2c1OCO2. The molecule has 2 rings (SSSR count). The summed E-state index contributed by atoms with van der Waals surface area (Å²) in [6.07, 6.45) is 1.89. The summed E-state index contributed by atoms with van der Waals surface area (Å²) in [5, 5.41) is 3.67. The number of carbonyl (C=O) groups is 1. The van der Waals surface area contributed by atoms with Gasteiger partial charge in [0.1, 0.15) is 0 Å². The Bertz CT molecular complexity index is 544. The number of ether oxygens (including phenoxy) is 4. The van der Waals surface area contributed by atoms with Gasteiger partial charge in [0.15, 0.2) is 11.5 Å². The van der Waals surface area contributed by atoms with E-state index >= 15 is 0 Å². The Morgan fingerprint density at radius 3 is 2.85 bits per heavy atom. The van der Waals surface area contributed by atoms with Crippen molar-refractivity contribution in [3.8, 4) is 23.0 Å². The highest BCUT2D eigenvalue weighted by atomic mass is 16.7. The second-order valence-corrected chi connectivity index (χ2v) is 3.83. The van der Waals surface area contributed by atoms with E-state index < -0.39 is 6.03 Å². The lowest BCUT2D eigenvalue weighted by Crippen LogP contribution is -2.24. The second kappa shape index (κ2) is 6.00. The van der Waals surface area contributed by atoms with Gasteiger partial charge in [-0.1, -0.05) is 0 Å². The predicted molar refractivity (Wildman–Crippen MR) is 70.6 cm³/mol. The summed E-state index contributed by atoms with van der Waals surface area (Å²) in [7, 11) is 3.07. The van der Waals surface area contributed by atoms with Crippen LogP contribution in [0.1, 0.15) is 5.56 Å². The van der Waals surface area contributed by atoms with Crippen molar-refractivity contribution in [1.29, 1.82) is 0 Å². The number of rotatable bonds is 5. The molecule has 0 fully saturated rings. The highest BCUT2D eigenvalue weighted by Crippen LogP contribution is 2.49. The first-order valence-corrected chi connectivity index (χ1v) is 5.77. The van der Waals surface area contributed by atoms with Crippen LogP contribution in [-0.2, 0) is 6.42 Å². The van der Waals surface area contributed by atoms with Crippen molar-refractivity contribution in [2.45, 2.75) is 6.42 Å². The smallest absolute Gasteiger partial charge is 0.332 e. The third-order valence-electron chi connectivity index (χ3n) is 2.64. The number of primary amides is 1. The first-order chi connectivity index (χ1) is 9.67. The molecule has 0 atom stereocenters. The number of methoxy groups -OCH3 is 2. The zero-order chi connectivity index (χ0) is 14.5. The highest BCUT2D eigenvalue weighted by molar-refractivity contribution is 5.74. The van der Waals surface area contributed by atoms with Gasteiger partial charge in [-0.05, 0) is 6.07 Å². The quantitative estimate of drug-likeness (QED) is 0.608. The van der Waals surface area contributed by atoms with Gasteiger partial charge in [0.25, 0.3) is 0 Å². The molecule has 0 aromatic heterocycles. The van der Waals surface area contributed by atoms with E-state index in [1.165, 1.54) is 20.4 Å². The summed E-state index contributed by atoms with van der Waals surface area (Å²) in [4.78, 5) is 10.5. The third-order valence-corrected chi connectivity index (χ3v) is 2.64. The van der Waals surface area contributed by atoms with Gasteiger partial charge in [-0.2, -0.15) is 5.10 Å². The molecule has 0 saturated carbocycles. The third kappa shape index (κ3) is 2.68. The number of amides is 2. The van der Waals surface area contributed by atoms with E-state index in [-0.39, 0.29) is 6.79 Å². The molecule has 3 N–H and O–H groups in total. The average Bonchev–Trinajstić information content (AvgIpc) is 2.91. The van der Waals surface area contributed by atoms with Gasteiger partial charge in [0.2, 0.25) is 18.3 Å². The molecule has 0 unspecified atom stereocenters. The van der Waals surface area contributed by atoms with Crippen LogP contribution < -0.4 is 30.1 Å². The van der Waals surface area contributed by atoms with Crippen molar-refractivity contribution in [1.82, 2.24) is 5.43 Å². The van der Waals surface area contributed by atoms with E-state index in [9.17, 15) is 4.79 Å². The van der Waals surface area contributed by atoms with Crippen LogP contribution in [0.25, 0.3) is 0 Å². The number of nitrogens with zero attached hydrogens (tertiary/aromatic N) is 1. The molecule has 1 aromatic rings. The molecule has 1 aromatic carbocycles. The largest absolute Gasteiger partial charge is 0.493 e. The van der Waals surface area contributed by atoms with Gasteiger partial charge in [0, 0.05) is 18.2 Å². The van der Waals surface area contributed by atoms with Gasteiger partial charge < -0.3 is 24.7 Å². The molecule has 2 amide bonds. The number of hydrazone groups is 1. The summed E-state index contributed by atoms with van der Waals surface area (Å²) < 4.78 is 21.3. The predicted octanol–water partition coefficient (Wildman–Crippen LogP) is 0.629. The fourth-order valence-corrected chi connectivity index (χ4v) is 1.85. The monoisotopic (exact) mass is 281 g/mol. The average molecular weight is 281 g/mol. The molecule has 20 heavy (non-hydrogen) atoms. The summed E-state index contributed by atoms with van der Waals surface area (Å²) in [6, 6.07) is 1.04. The number of benzene rings is 1. The van der Waals surface area contributed by atoms with Gasteiger partial charge in [-0.3, -0.25) is 0 Å². The van der Waals surface area contributed by atoms with Crippen molar-refractivity contribution in [3.05, 3.63) is 11.6 Å². The number of nitrogens with one attached hydrogen (secondary N) is 1. The van der Waals surface area contributed by atoms with Crippen LogP contribution in [0.5, 0.6) is 23.0 Å². The molecular weight excluding hydrogens is 266 g/mol. The number of fused-ring (bicyclic) bond motifs is 1. The summed E-state index contributed by atoms with van der Waals surface area (Å²) in [5.41, 5.74) is 7.80. The molecule has 1 aliphatic rings. The van der Waals surface area contributed by atoms with Crippen LogP contribution in [0.4, 0.5) is 4.79 Å². The van der Waals surface area contributed by atoms with E-state index in [1.807, 2.05) is 0 Å². The number of carbonyl (C=O) groups excluding carboxylic acids is 1. The normalized spacial score (nSPS) is 12.5. The van der Waals surface area contributed by atoms with Crippen LogP contribution in [0.3, 0.4) is 0 Å². The maximum Gasteiger partial charge on any atom is 0.332 e. The van der Waals surface area contributed by atoms with Crippen LogP contribution in [0.15, 0.2) is 11.2 Å². The molecule has 0 aliphatic carbocycles. The standard InChI is InChI=1S/C12H15N3O5/c1-17-8-5-7(3-4-14-15-12(13)16)9(18-2)11-10(8)19-6-20-11/h4-5H,3,6H2,1-2H3,(H3,13,15,16)/b14-4+. The maximum absolute atomic E-state index is 10.5. The van der Waals surface area contributed by atoms with Crippen LogP contribution in [-0.4, -0.2) is 33.3 Å². The van der Waals surface area contributed by atoms with E-state index in [0.29, 0.717) is 29.4 Å². The van der Waals surface area contributed by atoms with Crippen molar-refractivity contribution >= 4 is 12.2 Å². The van der Waals surface area contributed by atoms with Gasteiger partial charge in [0.05, 0.1) is 14.2 Å². The lowest BCUT2D eigenvalue weighted by atomic mass is 10.1. The van der Waals surface area contributed by atoms with Crippen molar-refractivity contribution in [3.63, 3.8) is 0 Å². The highest BCUT2D eigenvalue weighted by Gasteiger charge is 2.26. The molecule has 8 nitrogen and oxygen atoms in total. The van der Waals surface area contributed by atoms with Crippen LogP contribution in [0.2, 0.25) is 0 Å². The van der Waals surface area contributed by atoms with Crippen molar-refractivity contribution in [2.24, 2.45) is 10.8 Å². The van der Waals surface area contributed by atoms with Crippen molar-refractivity contribution in [2.75, 3.05) is 21.0 Å². The van der Waals surface area contributed by atoms with Crippen LogP contribution in [0, 0.1) is 0 Å². The Morgan fingerprint density at radius 2 is 2.20 bits per heavy atom. The molecule has 1 aliphatic heterocycles. The van der Waals surface area contributed by atoms with Crippen molar-refractivity contribution < 1.29 is 23.7 Å². The molecule has 0 saturated heterocycles. The summed E-state index contributed by atoms with van der Waals surface area (Å²) in [6.45, 7) is 0.114. The maximum atomic E-state index is 10.5. The minimum atomic E-state index is -0.725. The van der Waals surface area contributed by atoms with Gasteiger partial charge >= 0.3 is 6.03 Å². The molecule has 108 valence electrons. The van der Waals surface area contributed by atoms with E-state index in [4.69, 9.17) is 24.7 Å². The minimum absolute atomic E-state index is 0.114. The number of nitrogens with two attached hydrogens (primary N) is 1. The number of hydrogen-bond acceptors (Lipinski definition) is 6. The number of urea groups is 1. The van der Waals surface area contributed by atoms with E-state index in [0.717, 1.165) is 5.56 Å². The second-order valence-electron chi connectivity index (χ2n) is 3.83. The zero-order valence-electron chi connectivity index (χ0n) is 11.1. The summed E-state index contributed by atoms with van der Waals surface area (Å²) >= 11 is 0. The topological polar surface area (TPSA) is 104 Å². The fourth-order valence-electron chi connectivity index (χ4n) is 1.85. The van der Waals surface area contributed by atoms with Gasteiger partial charge in [-0.25, -0.2) is 10.2 Å². The van der Waals surface area contributed by atoms with E-state index in [2.05, 4.69) is 10.5 Å². The lowest BCUT2D eigenvalue weighted by molar-refractivity contribution is 0.168. The Morgan fingerprint density at radius 1 is 1.45 bits per heavy atom. The first kappa shape index (κ1) is 13.8. The van der Waals surface area contributed by atoms with Gasteiger partial charge in [-0.15, -0.1) is 0 Å². The van der Waals surface area contributed by atoms with Crippen LogP contribution >= 0.6 is 0 Å². The lowest BCUT2D eigenvalue weighted by Gasteiger charge is -2.12. The zero-order valence-corrected chi connectivity index (χ0v) is 11.1. The molecule has 0 spiro atoms. The van der Waals surface area contributed by atoms with E-state index in [1.54, 1.807) is 6.07 Å². The Kier molecular flexibility index (Phi) is 4.14. The Hall–Kier alpha value is -2.64. The Balaban J connectivity index is 2.28. The molecule has 0 radical (unpaired) electrons. The minimum Gasteiger partial charge on any atom is -0.493 e. The first-order valence-electron chi connectivity index (χ1n) is 5.77. The number of hydrogen-bond donors (Lipinski definition) is 2. The molecule has 0 bridgehead atoms. The summed E-state index contributed by atoms with van der Waals surface area (Å²) in [5.74, 6) is 2.10. The molecule has 1 heterocycles.